The first-order chi connectivity index (χ1) is 9.69. The van der Waals surface area contributed by atoms with Crippen LogP contribution in [0.1, 0.15) is 24.7 Å². The van der Waals surface area contributed by atoms with Gasteiger partial charge in [0.05, 0.1) is 17.1 Å². The molecule has 3 nitrogen and oxygen atoms in total. The number of nitrogens with zero attached hydrogens (tertiary/aromatic N) is 2. The van der Waals surface area contributed by atoms with Gasteiger partial charge in [-0.05, 0) is 38.0 Å². The summed E-state index contributed by atoms with van der Waals surface area (Å²) in [4.78, 5) is 4.77. The van der Waals surface area contributed by atoms with Crippen LogP contribution in [0.5, 0.6) is 0 Å². The van der Waals surface area contributed by atoms with Crippen molar-refractivity contribution >= 4 is 22.6 Å². The van der Waals surface area contributed by atoms with Crippen LogP contribution in [0, 0.1) is 12.8 Å². The number of imidazole rings is 1. The molecule has 108 valence electrons. The van der Waals surface area contributed by atoms with Crippen molar-refractivity contribution < 1.29 is 4.74 Å². The van der Waals surface area contributed by atoms with E-state index in [1.54, 1.807) is 0 Å². The van der Waals surface area contributed by atoms with Gasteiger partial charge in [0.15, 0.2) is 0 Å². The van der Waals surface area contributed by atoms with E-state index in [1.165, 1.54) is 11.1 Å². The number of hydrogen-bond donors (Lipinski definition) is 0. The van der Waals surface area contributed by atoms with Gasteiger partial charge in [-0.25, -0.2) is 4.98 Å². The van der Waals surface area contributed by atoms with Gasteiger partial charge in [0.25, 0.3) is 0 Å². The third-order valence-corrected chi connectivity index (χ3v) is 4.44. The second-order valence-electron chi connectivity index (χ2n) is 5.69. The Hall–Kier alpha value is -1.06. The predicted molar refractivity (Wildman–Crippen MR) is 82.4 cm³/mol. The standard InChI is InChI=1S/C16H21ClN2O/c1-11-3-4-15-14(9-11)18-16(5-7-17)19(15)10-13-6-8-20-12(13)2/h3-4,9,12-13H,5-8,10H2,1-2H3. The highest BCUT2D eigenvalue weighted by molar-refractivity contribution is 6.17. The summed E-state index contributed by atoms with van der Waals surface area (Å²) in [6.07, 6.45) is 2.28. The second kappa shape index (κ2) is 5.74. The molecule has 4 heteroatoms. The molecule has 1 aliphatic rings. The summed E-state index contributed by atoms with van der Waals surface area (Å²) < 4.78 is 8.03. The maximum atomic E-state index is 5.93. The third-order valence-electron chi connectivity index (χ3n) is 4.25. The van der Waals surface area contributed by atoms with Crippen LogP contribution >= 0.6 is 11.6 Å². The minimum absolute atomic E-state index is 0.335. The Bertz CT molecular complexity index is 608. The fraction of sp³-hybridized carbons (Fsp3) is 0.562. The molecule has 1 fully saturated rings. The molecule has 0 bridgehead atoms. The fourth-order valence-electron chi connectivity index (χ4n) is 3.02. The fourth-order valence-corrected chi connectivity index (χ4v) is 3.19. The number of rotatable bonds is 4. The van der Waals surface area contributed by atoms with E-state index in [1.807, 2.05) is 0 Å². The molecule has 1 aliphatic heterocycles. The highest BCUT2D eigenvalue weighted by atomic mass is 35.5. The van der Waals surface area contributed by atoms with Gasteiger partial charge >= 0.3 is 0 Å². The SMILES string of the molecule is Cc1ccc2c(c1)nc(CCCl)n2CC1CCOC1C. The van der Waals surface area contributed by atoms with Crippen LogP contribution in [-0.4, -0.2) is 28.1 Å². The quantitative estimate of drug-likeness (QED) is 0.806. The summed E-state index contributed by atoms with van der Waals surface area (Å²) >= 11 is 5.93. The molecule has 1 aromatic carbocycles. The monoisotopic (exact) mass is 292 g/mol. The van der Waals surface area contributed by atoms with Gasteiger partial charge < -0.3 is 9.30 Å². The molecule has 2 unspecified atom stereocenters. The Morgan fingerprint density at radius 2 is 2.30 bits per heavy atom. The van der Waals surface area contributed by atoms with Crippen molar-refractivity contribution in [3.8, 4) is 0 Å². The molecule has 0 N–H and O–H groups in total. The Morgan fingerprint density at radius 3 is 3.00 bits per heavy atom. The lowest BCUT2D eigenvalue weighted by molar-refractivity contribution is 0.102. The summed E-state index contributed by atoms with van der Waals surface area (Å²) in [7, 11) is 0. The second-order valence-corrected chi connectivity index (χ2v) is 6.07. The summed E-state index contributed by atoms with van der Waals surface area (Å²) in [5, 5.41) is 0. The molecule has 20 heavy (non-hydrogen) atoms. The highest BCUT2D eigenvalue weighted by Crippen LogP contribution is 2.26. The first kappa shape index (κ1) is 13.9. The van der Waals surface area contributed by atoms with E-state index in [0.717, 1.165) is 37.3 Å². The van der Waals surface area contributed by atoms with E-state index in [0.29, 0.717) is 17.9 Å². The molecular formula is C16H21ClN2O. The lowest BCUT2D eigenvalue weighted by atomic mass is 10.0. The van der Waals surface area contributed by atoms with Gasteiger partial charge in [-0.1, -0.05) is 6.07 Å². The van der Waals surface area contributed by atoms with Crippen LogP contribution in [-0.2, 0) is 17.7 Å². The highest BCUT2D eigenvalue weighted by Gasteiger charge is 2.26. The first-order valence-electron chi connectivity index (χ1n) is 7.32. The van der Waals surface area contributed by atoms with Crippen LogP contribution < -0.4 is 0 Å². The number of aromatic nitrogens is 2. The molecule has 0 saturated carbocycles. The molecule has 3 rings (SSSR count). The number of halogens is 1. The van der Waals surface area contributed by atoms with E-state index in [9.17, 15) is 0 Å². The average molecular weight is 293 g/mol. The maximum absolute atomic E-state index is 5.93. The van der Waals surface area contributed by atoms with Crippen LogP contribution in [0.4, 0.5) is 0 Å². The molecule has 2 atom stereocenters. The summed E-state index contributed by atoms with van der Waals surface area (Å²) in [5.41, 5.74) is 3.55. The lowest BCUT2D eigenvalue weighted by Gasteiger charge is -2.17. The van der Waals surface area contributed by atoms with Gasteiger partial charge in [0.2, 0.25) is 0 Å². The predicted octanol–water partition coefficient (Wildman–Crippen LogP) is 3.55. The minimum atomic E-state index is 0.335. The Morgan fingerprint density at radius 1 is 1.45 bits per heavy atom. The lowest BCUT2D eigenvalue weighted by Crippen LogP contribution is -2.19. The molecule has 0 radical (unpaired) electrons. The Balaban J connectivity index is 1.99. The maximum Gasteiger partial charge on any atom is 0.111 e. The number of aryl methyl sites for hydroxylation is 2. The van der Waals surface area contributed by atoms with Crippen molar-refractivity contribution in [1.82, 2.24) is 9.55 Å². The topological polar surface area (TPSA) is 27.1 Å². The van der Waals surface area contributed by atoms with Crippen molar-refractivity contribution in [1.29, 1.82) is 0 Å². The molecular weight excluding hydrogens is 272 g/mol. The van der Waals surface area contributed by atoms with Gasteiger partial charge in [-0.15, -0.1) is 11.6 Å². The first-order valence-corrected chi connectivity index (χ1v) is 7.86. The van der Waals surface area contributed by atoms with Gasteiger partial charge in [0, 0.05) is 31.4 Å². The summed E-state index contributed by atoms with van der Waals surface area (Å²) in [6.45, 7) is 6.13. The van der Waals surface area contributed by atoms with Crippen molar-refractivity contribution in [3.05, 3.63) is 29.6 Å². The van der Waals surface area contributed by atoms with Crippen molar-refractivity contribution in [2.45, 2.75) is 39.3 Å². The van der Waals surface area contributed by atoms with Crippen LogP contribution in [0.2, 0.25) is 0 Å². The zero-order valence-corrected chi connectivity index (χ0v) is 12.9. The Labute approximate surface area is 124 Å². The third kappa shape index (κ3) is 2.57. The van der Waals surface area contributed by atoms with E-state index in [2.05, 4.69) is 36.6 Å². The van der Waals surface area contributed by atoms with E-state index in [-0.39, 0.29) is 0 Å². The average Bonchev–Trinajstić information content (AvgIpc) is 2.96. The summed E-state index contributed by atoms with van der Waals surface area (Å²) in [6, 6.07) is 6.48. The number of hydrogen-bond acceptors (Lipinski definition) is 2. The molecule has 2 heterocycles. The summed E-state index contributed by atoms with van der Waals surface area (Å²) in [5.74, 6) is 2.28. The van der Waals surface area contributed by atoms with Gasteiger partial charge in [0.1, 0.15) is 5.82 Å². The molecule has 0 aliphatic carbocycles. The van der Waals surface area contributed by atoms with Gasteiger partial charge in [-0.2, -0.15) is 0 Å². The zero-order chi connectivity index (χ0) is 14.1. The number of alkyl halides is 1. The van der Waals surface area contributed by atoms with E-state index in [4.69, 9.17) is 21.3 Å². The smallest absolute Gasteiger partial charge is 0.111 e. The molecule has 1 aromatic heterocycles. The van der Waals surface area contributed by atoms with Crippen LogP contribution in [0.15, 0.2) is 18.2 Å². The number of ether oxygens (including phenoxy) is 1. The Kier molecular flexibility index (Phi) is 3.99. The van der Waals surface area contributed by atoms with Crippen molar-refractivity contribution in [2.75, 3.05) is 12.5 Å². The number of fused-ring (bicyclic) bond motifs is 1. The molecule has 2 aromatic rings. The van der Waals surface area contributed by atoms with Crippen LogP contribution in [0.3, 0.4) is 0 Å². The van der Waals surface area contributed by atoms with Crippen molar-refractivity contribution in [3.63, 3.8) is 0 Å². The van der Waals surface area contributed by atoms with E-state index < -0.39 is 0 Å². The minimum Gasteiger partial charge on any atom is -0.378 e. The largest absolute Gasteiger partial charge is 0.378 e. The van der Waals surface area contributed by atoms with Crippen molar-refractivity contribution in [2.24, 2.45) is 5.92 Å². The number of benzene rings is 1. The molecule has 1 saturated heterocycles. The normalized spacial score (nSPS) is 22.8. The van der Waals surface area contributed by atoms with E-state index >= 15 is 0 Å². The molecule has 0 spiro atoms. The zero-order valence-electron chi connectivity index (χ0n) is 12.1. The molecule has 0 amide bonds. The van der Waals surface area contributed by atoms with Crippen LogP contribution in [0.25, 0.3) is 11.0 Å². The van der Waals surface area contributed by atoms with Gasteiger partial charge in [-0.3, -0.25) is 0 Å².